The van der Waals surface area contributed by atoms with Crippen LogP contribution in [0.1, 0.15) is 46.5 Å². The van der Waals surface area contributed by atoms with Crippen LogP contribution in [0.2, 0.25) is 0 Å². The summed E-state index contributed by atoms with van der Waals surface area (Å²) in [5.74, 6) is 0. The summed E-state index contributed by atoms with van der Waals surface area (Å²) < 4.78 is 5.59. The van der Waals surface area contributed by atoms with E-state index in [1.54, 1.807) is 0 Å². The van der Waals surface area contributed by atoms with Crippen molar-refractivity contribution in [3.8, 4) is 0 Å². The van der Waals surface area contributed by atoms with E-state index in [2.05, 4.69) is 38.2 Å². The van der Waals surface area contributed by atoms with E-state index >= 15 is 0 Å². The first-order valence-electron chi connectivity index (χ1n) is 6.62. The molecule has 0 spiro atoms. The highest BCUT2D eigenvalue weighted by Crippen LogP contribution is 2.48. The molecule has 1 N–H and O–H groups in total. The zero-order valence-electron chi connectivity index (χ0n) is 11.3. The van der Waals surface area contributed by atoms with Crippen LogP contribution in [0.25, 0.3) is 0 Å². The number of rotatable bonds is 7. The molecule has 0 bridgehead atoms. The maximum absolute atomic E-state index is 5.59. The number of methoxy groups -OCH3 is 1. The van der Waals surface area contributed by atoms with E-state index in [1.165, 1.54) is 19.3 Å². The van der Waals surface area contributed by atoms with Crippen molar-refractivity contribution in [2.75, 3.05) is 13.7 Å². The first-order valence-corrected chi connectivity index (χ1v) is 6.62. The molecule has 0 aromatic rings. The molecule has 2 unspecified atom stereocenters. The third kappa shape index (κ3) is 2.49. The van der Waals surface area contributed by atoms with E-state index in [4.69, 9.17) is 4.74 Å². The van der Waals surface area contributed by atoms with Gasteiger partial charge in [0.05, 0.1) is 6.10 Å². The fraction of sp³-hybridized carbons (Fsp3) is 0.857. The highest BCUT2D eigenvalue weighted by Gasteiger charge is 2.52. The Kier molecular flexibility index (Phi) is 5.50. The van der Waals surface area contributed by atoms with Gasteiger partial charge < -0.3 is 10.1 Å². The van der Waals surface area contributed by atoms with E-state index in [9.17, 15) is 0 Å². The van der Waals surface area contributed by atoms with Crippen LogP contribution in [-0.4, -0.2) is 25.8 Å². The van der Waals surface area contributed by atoms with Gasteiger partial charge in [0, 0.05) is 18.6 Å². The molecular weight excluding hydrogens is 198 g/mol. The van der Waals surface area contributed by atoms with Crippen molar-refractivity contribution in [3.63, 3.8) is 0 Å². The number of allylic oxidation sites excluding steroid dienone is 1. The van der Waals surface area contributed by atoms with Crippen molar-refractivity contribution < 1.29 is 4.74 Å². The second-order valence-electron chi connectivity index (χ2n) is 4.76. The normalized spacial score (nSPS) is 28.2. The Bertz CT molecular complexity index is 221. The summed E-state index contributed by atoms with van der Waals surface area (Å²) >= 11 is 0. The summed E-state index contributed by atoms with van der Waals surface area (Å²) in [5.41, 5.74) is 0.380. The van der Waals surface area contributed by atoms with Crippen molar-refractivity contribution in [1.82, 2.24) is 5.32 Å². The second kappa shape index (κ2) is 6.41. The molecule has 2 atom stereocenters. The summed E-state index contributed by atoms with van der Waals surface area (Å²) in [5, 5.41) is 3.68. The largest absolute Gasteiger partial charge is 0.381 e. The average molecular weight is 225 g/mol. The lowest BCUT2D eigenvalue weighted by Gasteiger charge is -2.55. The lowest BCUT2D eigenvalue weighted by Crippen LogP contribution is -2.63. The van der Waals surface area contributed by atoms with Gasteiger partial charge in [0.2, 0.25) is 0 Å². The third-order valence-electron chi connectivity index (χ3n) is 4.32. The minimum Gasteiger partial charge on any atom is -0.381 e. The molecule has 94 valence electrons. The lowest BCUT2D eigenvalue weighted by atomic mass is 9.58. The summed E-state index contributed by atoms with van der Waals surface area (Å²) in [7, 11) is 1.85. The van der Waals surface area contributed by atoms with Gasteiger partial charge in [-0.15, -0.1) is 0 Å². The van der Waals surface area contributed by atoms with E-state index in [0.29, 0.717) is 17.6 Å². The van der Waals surface area contributed by atoms with Gasteiger partial charge in [0.1, 0.15) is 0 Å². The zero-order chi connectivity index (χ0) is 12.0. The molecule has 2 nitrogen and oxygen atoms in total. The van der Waals surface area contributed by atoms with Gasteiger partial charge in [-0.3, -0.25) is 0 Å². The third-order valence-corrected chi connectivity index (χ3v) is 4.32. The Labute approximate surface area is 100 Å². The Morgan fingerprint density at radius 2 is 2.06 bits per heavy atom. The molecule has 0 aromatic carbocycles. The van der Waals surface area contributed by atoms with Crippen LogP contribution in [0, 0.1) is 5.41 Å². The number of hydrogen-bond donors (Lipinski definition) is 1. The van der Waals surface area contributed by atoms with E-state index in [1.807, 2.05) is 7.11 Å². The van der Waals surface area contributed by atoms with Gasteiger partial charge in [-0.25, -0.2) is 0 Å². The van der Waals surface area contributed by atoms with E-state index < -0.39 is 0 Å². The van der Waals surface area contributed by atoms with Crippen LogP contribution in [-0.2, 0) is 4.74 Å². The van der Waals surface area contributed by atoms with Crippen LogP contribution in [0.5, 0.6) is 0 Å². The highest BCUT2D eigenvalue weighted by atomic mass is 16.5. The van der Waals surface area contributed by atoms with Gasteiger partial charge in [-0.2, -0.15) is 0 Å². The summed E-state index contributed by atoms with van der Waals surface area (Å²) in [4.78, 5) is 0. The molecule has 0 radical (unpaired) electrons. The molecule has 1 fully saturated rings. The lowest BCUT2D eigenvalue weighted by molar-refractivity contribution is -0.123. The quantitative estimate of drug-likeness (QED) is 0.531. The fourth-order valence-electron chi connectivity index (χ4n) is 3.07. The molecular formula is C14H27NO. The molecule has 0 aromatic heterocycles. The van der Waals surface area contributed by atoms with E-state index in [0.717, 1.165) is 13.0 Å². The van der Waals surface area contributed by atoms with Crippen LogP contribution in [0.3, 0.4) is 0 Å². The minimum atomic E-state index is 0.380. The van der Waals surface area contributed by atoms with Gasteiger partial charge in [-0.05, 0) is 39.2 Å². The summed E-state index contributed by atoms with van der Waals surface area (Å²) in [6, 6.07) is 0.651. The molecule has 0 aliphatic heterocycles. The van der Waals surface area contributed by atoms with Crippen LogP contribution >= 0.6 is 0 Å². The monoisotopic (exact) mass is 225 g/mol. The maximum atomic E-state index is 5.59. The smallest absolute Gasteiger partial charge is 0.0657 e. The molecule has 1 aliphatic carbocycles. The Hall–Kier alpha value is -0.340. The van der Waals surface area contributed by atoms with Crippen molar-refractivity contribution in [1.29, 1.82) is 0 Å². The number of nitrogens with one attached hydrogen (secondary N) is 1. The molecule has 1 aliphatic rings. The van der Waals surface area contributed by atoms with Gasteiger partial charge >= 0.3 is 0 Å². The molecule has 0 heterocycles. The van der Waals surface area contributed by atoms with Crippen molar-refractivity contribution in [3.05, 3.63) is 12.2 Å². The van der Waals surface area contributed by atoms with Gasteiger partial charge in [0.15, 0.2) is 0 Å². The maximum Gasteiger partial charge on any atom is 0.0657 e. The number of hydrogen-bond acceptors (Lipinski definition) is 2. The molecule has 0 amide bonds. The first-order chi connectivity index (χ1) is 7.75. The predicted octanol–water partition coefficient (Wildman–Crippen LogP) is 3.14. The van der Waals surface area contributed by atoms with E-state index in [-0.39, 0.29) is 0 Å². The fourth-order valence-corrected chi connectivity index (χ4v) is 3.07. The Morgan fingerprint density at radius 1 is 1.38 bits per heavy atom. The van der Waals surface area contributed by atoms with Crippen molar-refractivity contribution in [2.45, 2.75) is 58.6 Å². The van der Waals surface area contributed by atoms with Crippen LogP contribution < -0.4 is 5.32 Å². The zero-order valence-corrected chi connectivity index (χ0v) is 11.3. The summed E-state index contributed by atoms with van der Waals surface area (Å²) in [6.07, 6.45) is 9.53. The first kappa shape index (κ1) is 13.7. The predicted molar refractivity (Wildman–Crippen MR) is 69.7 cm³/mol. The van der Waals surface area contributed by atoms with Crippen LogP contribution in [0.15, 0.2) is 12.2 Å². The Balaban J connectivity index is 2.43. The van der Waals surface area contributed by atoms with Gasteiger partial charge in [0.25, 0.3) is 0 Å². The second-order valence-corrected chi connectivity index (χ2v) is 4.76. The number of ether oxygens (including phenoxy) is 1. The van der Waals surface area contributed by atoms with Crippen LogP contribution in [0.4, 0.5) is 0 Å². The molecule has 0 saturated heterocycles. The molecule has 1 saturated carbocycles. The Morgan fingerprint density at radius 3 is 2.56 bits per heavy atom. The molecule has 2 heteroatoms. The minimum absolute atomic E-state index is 0.380. The highest BCUT2D eigenvalue weighted by molar-refractivity contribution is 5.06. The standard InChI is InChI=1S/C14H27NO/c1-5-8-9-10-15-12-11-13(16-4)14(12,6-2)7-3/h5,8,12-13,15H,6-7,9-11H2,1-4H3/b8-5+. The molecule has 1 rings (SSSR count). The topological polar surface area (TPSA) is 21.3 Å². The summed E-state index contributed by atoms with van der Waals surface area (Å²) in [6.45, 7) is 7.74. The SMILES string of the molecule is C/C=C/CCNC1CC(OC)C1(CC)CC. The van der Waals surface area contributed by atoms with Crippen molar-refractivity contribution >= 4 is 0 Å². The van der Waals surface area contributed by atoms with Gasteiger partial charge in [-0.1, -0.05) is 26.0 Å². The average Bonchev–Trinajstić information content (AvgIpc) is 2.29. The molecule has 16 heavy (non-hydrogen) atoms. The van der Waals surface area contributed by atoms with Crippen molar-refractivity contribution in [2.24, 2.45) is 5.41 Å².